The highest BCUT2D eigenvalue weighted by molar-refractivity contribution is 5.72. The fraction of sp³-hybridized carbons (Fsp3) is 0.172. The van der Waals surface area contributed by atoms with Crippen LogP contribution in [0.25, 0.3) is 22.3 Å². The number of rotatable bonds is 9. The Bertz CT molecular complexity index is 1170. The number of aryl methyl sites for hydroxylation is 2. The van der Waals surface area contributed by atoms with Crippen LogP contribution in [0.15, 0.2) is 97.1 Å². The summed E-state index contributed by atoms with van der Waals surface area (Å²) < 4.78 is 48.9. The topological polar surface area (TPSA) is 9.23 Å². The standard InChI is InChI=1S/C29H27F3O/c1-5-33-21(4)18-27(30)20(3)8-9-22-10-14-24(15-11-22)26-17-16-25(28(31)29(26)32)23-12-6-19(2)7-13-23/h6-7,10-18H,3-5,8-9H2,1-2H3/b27-18+. The van der Waals surface area contributed by atoms with Crippen molar-refractivity contribution < 1.29 is 17.9 Å². The van der Waals surface area contributed by atoms with E-state index in [2.05, 4.69) is 13.2 Å². The highest BCUT2D eigenvalue weighted by Crippen LogP contribution is 2.32. The van der Waals surface area contributed by atoms with Crippen LogP contribution < -0.4 is 0 Å². The van der Waals surface area contributed by atoms with Crippen molar-refractivity contribution in [3.05, 3.63) is 120 Å². The summed E-state index contributed by atoms with van der Waals surface area (Å²) >= 11 is 0. The molecule has 0 bridgehead atoms. The SMILES string of the molecule is C=C(/C=C(/F)C(=C)CCc1ccc(-c2ccc(-c3ccc(C)cc3)c(F)c2F)cc1)OCC. The van der Waals surface area contributed by atoms with Gasteiger partial charge in [-0.2, -0.15) is 0 Å². The van der Waals surface area contributed by atoms with Crippen LogP contribution in [-0.2, 0) is 11.2 Å². The average Bonchev–Trinajstić information content (AvgIpc) is 2.80. The first kappa shape index (κ1) is 24.1. The molecule has 0 saturated carbocycles. The monoisotopic (exact) mass is 448 g/mol. The first-order valence-electron chi connectivity index (χ1n) is 10.8. The molecule has 3 rings (SSSR count). The Kier molecular flexibility index (Phi) is 7.94. The van der Waals surface area contributed by atoms with E-state index in [0.29, 0.717) is 36.1 Å². The van der Waals surface area contributed by atoms with Crippen LogP contribution in [0, 0.1) is 18.6 Å². The van der Waals surface area contributed by atoms with Gasteiger partial charge in [-0.1, -0.05) is 79.4 Å². The van der Waals surface area contributed by atoms with Crippen molar-refractivity contribution in [1.29, 1.82) is 0 Å². The summed E-state index contributed by atoms with van der Waals surface area (Å²) in [5, 5.41) is 0. The Labute approximate surface area is 193 Å². The van der Waals surface area contributed by atoms with Gasteiger partial charge in [0.1, 0.15) is 11.6 Å². The lowest BCUT2D eigenvalue weighted by Gasteiger charge is -2.10. The second-order valence-corrected chi connectivity index (χ2v) is 7.85. The highest BCUT2D eigenvalue weighted by Gasteiger charge is 2.16. The summed E-state index contributed by atoms with van der Waals surface area (Å²) in [7, 11) is 0. The number of allylic oxidation sites excluding steroid dienone is 3. The molecule has 0 atom stereocenters. The summed E-state index contributed by atoms with van der Waals surface area (Å²) in [6, 6.07) is 17.6. The van der Waals surface area contributed by atoms with Gasteiger partial charge < -0.3 is 4.74 Å². The predicted octanol–water partition coefficient (Wildman–Crippen LogP) is 8.50. The Balaban J connectivity index is 1.71. The lowest BCUT2D eigenvalue weighted by molar-refractivity contribution is 0.243. The van der Waals surface area contributed by atoms with E-state index in [9.17, 15) is 13.2 Å². The molecular formula is C29H27F3O. The van der Waals surface area contributed by atoms with Crippen molar-refractivity contribution in [2.75, 3.05) is 6.61 Å². The van der Waals surface area contributed by atoms with Crippen LogP contribution >= 0.6 is 0 Å². The van der Waals surface area contributed by atoms with Crippen LogP contribution in [0.5, 0.6) is 0 Å². The molecule has 0 aliphatic heterocycles. The predicted molar refractivity (Wildman–Crippen MR) is 129 cm³/mol. The van der Waals surface area contributed by atoms with E-state index in [1.54, 1.807) is 43.3 Å². The zero-order valence-corrected chi connectivity index (χ0v) is 18.9. The van der Waals surface area contributed by atoms with E-state index in [4.69, 9.17) is 4.74 Å². The van der Waals surface area contributed by atoms with E-state index in [1.807, 2.05) is 31.2 Å². The molecule has 0 spiro atoms. The molecule has 0 unspecified atom stereocenters. The molecule has 0 N–H and O–H groups in total. The summed E-state index contributed by atoms with van der Waals surface area (Å²) in [6.45, 7) is 11.6. The van der Waals surface area contributed by atoms with E-state index < -0.39 is 17.5 Å². The van der Waals surface area contributed by atoms with Crippen LogP contribution in [0.2, 0.25) is 0 Å². The zero-order chi connectivity index (χ0) is 24.0. The van der Waals surface area contributed by atoms with Gasteiger partial charge in [0.2, 0.25) is 0 Å². The normalized spacial score (nSPS) is 11.4. The lowest BCUT2D eigenvalue weighted by atomic mass is 9.97. The Hall–Kier alpha value is -3.53. The number of hydrogen-bond acceptors (Lipinski definition) is 1. The highest BCUT2D eigenvalue weighted by atomic mass is 19.2. The van der Waals surface area contributed by atoms with Crippen LogP contribution in [0.4, 0.5) is 13.2 Å². The summed E-state index contributed by atoms with van der Waals surface area (Å²) in [5.74, 6) is -1.96. The molecule has 0 aliphatic carbocycles. The Morgan fingerprint density at radius 2 is 1.36 bits per heavy atom. The third-order valence-corrected chi connectivity index (χ3v) is 5.38. The van der Waals surface area contributed by atoms with Gasteiger partial charge in [0.25, 0.3) is 0 Å². The van der Waals surface area contributed by atoms with E-state index in [1.165, 1.54) is 6.08 Å². The fourth-order valence-corrected chi connectivity index (χ4v) is 3.46. The minimum absolute atomic E-state index is 0.197. The number of benzene rings is 3. The third-order valence-electron chi connectivity index (χ3n) is 5.38. The van der Waals surface area contributed by atoms with Crippen LogP contribution in [-0.4, -0.2) is 6.61 Å². The first-order chi connectivity index (χ1) is 15.8. The smallest absolute Gasteiger partial charge is 0.167 e. The molecule has 0 fully saturated rings. The molecule has 0 saturated heterocycles. The van der Waals surface area contributed by atoms with Gasteiger partial charge >= 0.3 is 0 Å². The van der Waals surface area contributed by atoms with Gasteiger partial charge in [0.15, 0.2) is 11.6 Å². The average molecular weight is 449 g/mol. The van der Waals surface area contributed by atoms with Gasteiger partial charge in [-0.15, -0.1) is 0 Å². The second-order valence-electron chi connectivity index (χ2n) is 7.85. The molecular weight excluding hydrogens is 421 g/mol. The van der Waals surface area contributed by atoms with Gasteiger partial charge in [-0.05, 0) is 49.0 Å². The number of hydrogen-bond donors (Lipinski definition) is 0. The third kappa shape index (κ3) is 6.04. The summed E-state index contributed by atoms with van der Waals surface area (Å²) in [5.41, 5.74) is 3.97. The van der Waals surface area contributed by atoms with E-state index in [0.717, 1.165) is 11.1 Å². The number of halogens is 3. The van der Waals surface area contributed by atoms with Gasteiger partial charge in [-0.25, -0.2) is 13.2 Å². The summed E-state index contributed by atoms with van der Waals surface area (Å²) in [4.78, 5) is 0. The maximum atomic E-state index is 14.9. The van der Waals surface area contributed by atoms with Crippen LogP contribution in [0.3, 0.4) is 0 Å². The maximum Gasteiger partial charge on any atom is 0.167 e. The van der Waals surface area contributed by atoms with Crippen molar-refractivity contribution in [1.82, 2.24) is 0 Å². The van der Waals surface area contributed by atoms with Gasteiger partial charge in [-0.3, -0.25) is 0 Å². The number of ether oxygens (including phenoxy) is 1. The van der Waals surface area contributed by atoms with Gasteiger partial charge in [0, 0.05) is 17.2 Å². The molecule has 1 nitrogen and oxygen atoms in total. The molecule has 4 heteroatoms. The quantitative estimate of drug-likeness (QED) is 0.235. The first-order valence-corrected chi connectivity index (χ1v) is 10.8. The van der Waals surface area contributed by atoms with Crippen molar-refractivity contribution in [2.24, 2.45) is 0 Å². The maximum absolute atomic E-state index is 14.9. The molecule has 0 radical (unpaired) electrons. The molecule has 3 aromatic carbocycles. The van der Waals surface area contributed by atoms with E-state index in [-0.39, 0.29) is 16.9 Å². The van der Waals surface area contributed by atoms with Crippen LogP contribution in [0.1, 0.15) is 24.5 Å². The van der Waals surface area contributed by atoms with Crippen molar-refractivity contribution in [2.45, 2.75) is 26.7 Å². The minimum atomic E-state index is -0.879. The molecule has 0 amide bonds. The Morgan fingerprint density at radius 3 is 1.88 bits per heavy atom. The molecule has 0 heterocycles. The molecule has 0 aromatic heterocycles. The van der Waals surface area contributed by atoms with Crippen molar-refractivity contribution in [3.8, 4) is 22.3 Å². The van der Waals surface area contributed by atoms with Crippen molar-refractivity contribution >= 4 is 0 Å². The summed E-state index contributed by atoms with van der Waals surface area (Å²) in [6.07, 6.45) is 2.20. The molecule has 170 valence electrons. The zero-order valence-electron chi connectivity index (χ0n) is 18.9. The molecule has 0 aliphatic rings. The Morgan fingerprint density at radius 1 is 0.848 bits per heavy atom. The minimum Gasteiger partial charge on any atom is -0.494 e. The fourth-order valence-electron chi connectivity index (χ4n) is 3.46. The lowest BCUT2D eigenvalue weighted by Crippen LogP contribution is -1.95. The second kappa shape index (κ2) is 10.9. The molecule has 33 heavy (non-hydrogen) atoms. The van der Waals surface area contributed by atoms with Gasteiger partial charge in [0.05, 0.1) is 6.61 Å². The van der Waals surface area contributed by atoms with Crippen molar-refractivity contribution in [3.63, 3.8) is 0 Å². The largest absolute Gasteiger partial charge is 0.494 e. The van der Waals surface area contributed by atoms with E-state index >= 15 is 0 Å². The molecule has 3 aromatic rings.